The van der Waals surface area contributed by atoms with E-state index in [1.165, 1.54) is 19.2 Å². The summed E-state index contributed by atoms with van der Waals surface area (Å²) in [6.45, 7) is 1.24. The van der Waals surface area contributed by atoms with Crippen LogP contribution in [-0.4, -0.2) is 46.5 Å². The number of rotatable bonds is 7. The number of sulfonamides is 1. The lowest BCUT2D eigenvalue weighted by Gasteiger charge is -2.20. The normalized spacial score (nSPS) is 10.8. The van der Waals surface area contributed by atoms with Crippen LogP contribution in [0.2, 0.25) is 5.02 Å². The molecule has 30 heavy (non-hydrogen) atoms. The van der Waals surface area contributed by atoms with Crippen LogP contribution in [0.1, 0.15) is 17.3 Å². The average Bonchev–Trinajstić information content (AvgIpc) is 2.72. The molecule has 0 atom stereocenters. The number of halogens is 1. The van der Waals surface area contributed by atoms with Crippen LogP contribution >= 0.6 is 11.6 Å². The van der Waals surface area contributed by atoms with E-state index in [4.69, 9.17) is 16.3 Å². The number of hydrogen-bond acceptors (Lipinski definition) is 6. The molecule has 2 N–H and O–H groups in total. The summed E-state index contributed by atoms with van der Waals surface area (Å²) in [7, 11) is -2.61. The quantitative estimate of drug-likeness (QED) is 0.619. The number of urea groups is 1. The van der Waals surface area contributed by atoms with Crippen molar-refractivity contribution in [1.29, 1.82) is 0 Å². The Labute approximate surface area is 179 Å². The first-order valence-corrected chi connectivity index (χ1v) is 10.6. The van der Waals surface area contributed by atoms with Crippen molar-refractivity contribution in [2.24, 2.45) is 0 Å². The average molecular weight is 454 g/mol. The van der Waals surface area contributed by atoms with E-state index in [0.29, 0.717) is 12.2 Å². The maximum absolute atomic E-state index is 12.9. The molecule has 2 aromatic rings. The Kier molecular flexibility index (Phi) is 7.79. The lowest BCUT2D eigenvalue weighted by Crippen LogP contribution is -2.41. The van der Waals surface area contributed by atoms with Gasteiger partial charge in [-0.05, 0) is 37.3 Å². The summed E-state index contributed by atoms with van der Waals surface area (Å²) in [6.07, 6.45) is 0. The molecule has 0 heterocycles. The van der Waals surface area contributed by atoms with Crippen molar-refractivity contribution >= 4 is 45.2 Å². The van der Waals surface area contributed by atoms with Crippen LogP contribution in [0, 0.1) is 0 Å². The Balaban J connectivity index is 2.17. The molecular formula is C19H20ClN3O6S. The summed E-state index contributed by atoms with van der Waals surface area (Å²) in [5.74, 6) is -1.86. The third-order valence-corrected chi connectivity index (χ3v) is 5.97. The fraction of sp³-hybridized carbons (Fsp3) is 0.211. The van der Waals surface area contributed by atoms with Gasteiger partial charge in [0.05, 0.1) is 21.2 Å². The number of benzene rings is 2. The summed E-state index contributed by atoms with van der Waals surface area (Å²) < 4.78 is 31.7. The van der Waals surface area contributed by atoms with Crippen molar-refractivity contribution in [3.8, 4) is 0 Å². The van der Waals surface area contributed by atoms with Crippen LogP contribution in [0.5, 0.6) is 0 Å². The molecule has 2 aromatic carbocycles. The molecule has 0 fully saturated rings. The number of esters is 1. The van der Waals surface area contributed by atoms with E-state index in [2.05, 4.69) is 5.32 Å². The summed E-state index contributed by atoms with van der Waals surface area (Å²) in [6, 6.07) is 11.2. The van der Waals surface area contributed by atoms with Gasteiger partial charge in [-0.3, -0.25) is 14.4 Å². The van der Waals surface area contributed by atoms with Gasteiger partial charge in [-0.1, -0.05) is 29.8 Å². The van der Waals surface area contributed by atoms with Gasteiger partial charge in [0.2, 0.25) is 0 Å². The molecule has 0 aromatic heterocycles. The Morgan fingerprint density at radius 3 is 2.40 bits per heavy atom. The molecule has 0 saturated heterocycles. The smallest absolute Gasteiger partial charge is 0.340 e. The first kappa shape index (κ1) is 23.2. The van der Waals surface area contributed by atoms with Crippen molar-refractivity contribution in [3.63, 3.8) is 0 Å². The number of anilines is 1. The van der Waals surface area contributed by atoms with Crippen LogP contribution in [0.3, 0.4) is 0 Å². The van der Waals surface area contributed by atoms with Crippen molar-refractivity contribution in [1.82, 2.24) is 10.6 Å². The first-order valence-electron chi connectivity index (χ1n) is 8.75. The molecule has 160 valence electrons. The molecule has 9 nitrogen and oxygen atoms in total. The predicted octanol–water partition coefficient (Wildman–Crippen LogP) is 2.17. The Hall–Kier alpha value is -3.11. The summed E-state index contributed by atoms with van der Waals surface area (Å²) in [4.78, 5) is 35.0. The van der Waals surface area contributed by atoms with Gasteiger partial charge < -0.3 is 10.1 Å². The van der Waals surface area contributed by atoms with Crippen LogP contribution in [-0.2, 0) is 19.6 Å². The Bertz CT molecular complexity index is 1040. The second-order valence-corrected chi connectivity index (χ2v) is 8.31. The Morgan fingerprint density at radius 2 is 1.77 bits per heavy atom. The second-order valence-electron chi connectivity index (χ2n) is 5.93. The molecule has 3 amide bonds. The standard InChI is InChI=1S/C19H20ClN3O6S/c1-3-21-19(26)22-17(24)12-29-18(25)15-11-14(9-10-16(15)20)30(27,28)23(2)13-7-5-4-6-8-13/h4-11H,3,12H2,1-2H3,(H2,21,22,24,26). The van der Waals surface area contributed by atoms with Gasteiger partial charge >= 0.3 is 12.0 Å². The summed E-state index contributed by atoms with van der Waals surface area (Å²) in [5.41, 5.74) is 0.198. The maximum atomic E-state index is 12.9. The Morgan fingerprint density at radius 1 is 1.10 bits per heavy atom. The largest absolute Gasteiger partial charge is 0.452 e. The predicted molar refractivity (Wildman–Crippen MR) is 111 cm³/mol. The molecule has 0 aliphatic carbocycles. The third kappa shape index (κ3) is 5.71. The second kappa shape index (κ2) is 10.1. The van der Waals surface area contributed by atoms with E-state index in [-0.39, 0.29) is 15.5 Å². The van der Waals surface area contributed by atoms with E-state index in [0.717, 1.165) is 10.4 Å². The van der Waals surface area contributed by atoms with Crippen LogP contribution in [0.4, 0.5) is 10.5 Å². The topological polar surface area (TPSA) is 122 Å². The van der Waals surface area contributed by atoms with Gasteiger partial charge in [0, 0.05) is 13.6 Å². The molecule has 0 saturated carbocycles. The van der Waals surface area contributed by atoms with E-state index in [1.54, 1.807) is 37.3 Å². The van der Waals surface area contributed by atoms with Gasteiger partial charge in [0.1, 0.15) is 0 Å². The monoisotopic (exact) mass is 453 g/mol. The van der Waals surface area contributed by atoms with Gasteiger partial charge in [-0.15, -0.1) is 0 Å². The molecule has 2 rings (SSSR count). The number of imide groups is 1. The van der Waals surface area contributed by atoms with Crippen LogP contribution in [0.25, 0.3) is 0 Å². The zero-order chi connectivity index (χ0) is 22.3. The van der Waals surface area contributed by atoms with Crippen molar-refractivity contribution in [3.05, 3.63) is 59.1 Å². The number of para-hydroxylation sites is 1. The number of amides is 3. The first-order chi connectivity index (χ1) is 14.2. The van der Waals surface area contributed by atoms with Crippen molar-refractivity contribution in [2.75, 3.05) is 24.5 Å². The van der Waals surface area contributed by atoms with Gasteiger partial charge in [-0.25, -0.2) is 18.0 Å². The highest BCUT2D eigenvalue weighted by Crippen LogP contribution is 2.26. The molecule has 0 unspecified atom stereocenters. The molecule has 0 aliphatic rings. The highest BCUT2D eigenvalue weighted by Gasteiger charge is 2.24. The number of nitrogens with one attached hydrogen (secondary N) is 2. The number of carbonyl (C=O) groups excluding carboxylic acids is 3. The minimum Gasteiger partial charge on any atom is -0.452 e. The highest BCUT2D eigenvalue weighted by molar-refractivity contribution is 7.92. The number of ether oxygens (including phenoxy) is 1. The van der Waals surface area contributed by atoms with Gasteiger partial charge in [0.25, 0.3) is 15.9 Å². The SMILES string of the molecule is CCNC(=O)NC(=O)COC(=O)c1cc(S(=O)(=O)N(C)c2ccccc2)ccc1Cl. The molecule has 0 aliphatic heterocycles. The summed E-state index contributed by atoms with van der Waals surface area (Å²) in [5, 5.41) is 4.27. The third-order valence-electron chi connectivity index (χ3n) is 3.86. The fourth-order valence-electron chi connectivity index (χ4n) is 2.33. The lowest BCUT2D eigenvalue weighted by atomic mass is 10.2. The van der Waals surface area contributed by atoms with Crippen molar-refractivity contribution in [2.45, 2.75) is 11.8 Å². The maximum Gasteiger partial charge on any atom is 0.340 e. The van der Waals surface area contributed by atoms with Crippen LogP contribution in [0.15, 0.2) is 53.4 Å². The summed E-state index contributed by atoms with van der Waals surface area (Å²) >= 11 is 6.00. The van der Waals surface area contributed by atoms with Crippen molar-refractivity contribution < 1.29 is 27.5 Å². The van der Waals surface area contributed by atoms with E-state index in [1.807, 2.05) is 5.32 Å². The fourth-order valence-corrected chi connectivity index (χ4v) is 3.75. The lowest BCUT2D eigenvalue weighted by molar-refractivity contribution is -0.123. The minimum atomic E-state index is -3.98. The highest BCUT2D eigenvalue weighted by atomic mass is 35.5. The number of nitrogens with zero attached hydrogens (tertiary/aromatic N) is 1. The zero-order valence-electron chi connectivity index (χ0n) is 16.2. The number of hydrogen-bond donors (Lipinski definition) is 2. The molecule has 0 bridgehead atoms. The molecule has 0 radical (unpaired) electrons. The van der Waals surface area contributed by atoms with Gasteiger partial charge in [-0.2, -0.15) is 0 Å². The zero-order valence-corrected chi connectivity index (χ0v) is 17.8. The molecule has 11 heteroatoms. The van der Waals surface area contributed by atoms with Crippen LogP contribution < -0.4 is 14.9 Å². The molecular weight excluding hydrogens is 434 g/mol. The van der Waals surface area contributed by atoms with E-state index >= 15 is 0 Å². The number of carbonyl (C=O) groups is 3. The molecule has 0 spiro atoms. The van der Waals surface area contributed by atoms with E-state index in [9.17, 15) is 22.8 Å². The van der Waals surface area contributed by atoms with Gasteiger partial charge in [0.15, 0.2) is 6.61 Å². The van der Waals surface area contributed by atoms with E-state index < -0.39 is 34.5 Å². The minimum absolute atomic E-state index is 0.0505.